The third kappa shape index (κ3) is 6.85. The average molecular weight is 505 g/mol. The number of halogens is 1. The first kappa shape index (κ1) is 27.2. The maximum atomic E-state index is 10.8. The molecule has 2 aromatic rings. The molecule has 1 fully saturated rings. The van der Waals surface area contributed by atoms with Crippen LogP contribution in [0.2, 0.25) is 5.02 Å². The molecule has 5 atom stereocenters. The Morgan fingerprint density at radius 2 is 1.69 bits per heavy atom. The van der Waals surface area contributed by atoms with Gasteiger partial charge < -0.3 is 34.3 Å². The number of ether oxygens (including phenoxy) is 4. The second kappa shape index (κ2) is 13.1. The Hall–Kier alpha value is -2.39. The van der Waals surface area contributed by atoms with Crippen molar-refractivity contribution in [1.29, 1.82) is 0 Å². The van der Waals surface area contributed by atoms with Crippen LogP contribution < -0.4 is 9.47 Å². The van der Waals surface area contributed by atoms with Gasteiger partial charge in [-0.1, -0.05) is 42.5 Å². The molecule has 3 N–H and O–H groups in total. The zero-order chi connectivity index (χ0) is 25.4. The minimum atomic E-state index is -1.44. The van der Waals surface area contributed by atoms with Gasteiger partial charge in [0.1, 0.15) is 48.6 Å². The maximum absolute atomic E-state index is 10.8. The number of aliphatic hydroxyl groups is 3. The molecule has 0 spiro atoms. The van der Waals surface area contributed by atoms with Crippen LogP contribution in [0, 0.1) is 0 Å². The maximum Gasteiger partial charge on any atom is 0.127 e. The fourth-order valence-electron chi connectivity index (χ4n) is 3.95. The summed E-state index contributed by atoms with van der Waals surface area (Å²) in [5, 5.41) is 32.3. The van der Waals surface area contributed by atoms with E-state index in [1.807, 2.05) is 31.2 Å². The molecule has 190 valence electrons. The lowest BCUT2D eigenvalue weighted by Gasteiger charge is -2.41. The van der Waals surface area contributed by atoms with Crippen molar-refractivity contribution in [3.63, 3.8) is 0 Å². The van der Waals surface area contributed by atoms with Crippen molar-refractivity contribution in [2.24, 2.45) is 0 Å². The van der Waals surface area contributed by atoms with E-state index in [9.17, 15) is 15.3 Å². The molecule has 1 heterocycles. The van der Waals surface area contributed by atoms with E-state index in [2.05, 4.69) is 13.2 Å². The molecule has 0 bridgehead atoms. The summed E-state index contributed by atoms with van der Waals surface area (Å²) < 4.78 is 22.8. The van der Waals surface area contributed by atoms with Crippen molar-refractivity contribution in [3.8, 4) is 11.5 Å². The Morgan fingerprint density at radius 3 is 2.34 bits per heavy atom. The van der Waals surface area contributed by atoms with Gasteiger partial charge in [0.15, 0.2) is 0 Å². The number of aliphatic hydroxyl groups excluding tert-OH is 3. The third-order valence-corrected chi connectivity index (χ3v) is 6.05. The molecule has 1 aliphatic rings. The van der Waals surface area contributed by atoms with Gasteiger partial charge in [-0.2, -0.15) is 0 Å². The van der Waals surface area contributed by atoms with Gasteiger partial charge in [0, 0.05) is 10.6 Å². The predicted octanol–water partition coefficient (Wildman–Crippen LogP) is 3.62. The van der Waals surface area contributed by atoms with Gasteiger partial charge in [0.2, 0.25) is 0 Å². The predicted molar refractivity (Wildman–Crippen MR) is 134 cm³/mol. The number of rotatable bonds is 12. The zero-order valence-corrected chi connectivity index (χ0v) is 20.6. The number of benzene rings is 2. The van der Waals surface area contributed by atoms with Crippen LogP contribution in [0.15, 0.2) is 61.7 Å². The second-order valence-electron chi connectivity index (χ2n) is 8.23. The van der Waals surface area contributed by atoms with Crippen LogP contribution in [-0.4, -0.2) is 66.2 Å². The Bertz CT molecular complexity index is 978. The average Bonchev–Trinajstić information content (AvgIpc) is 2.85. The molecule has 0 aliphatic carbocycles. The summed E-state index contributed by atoms with van der Waals surface area (Å²) >= 11 is 6.60. The summed E-state index contributed by atoms with van der Waals surface area (Å²) in [7, 11) is 0. The van der Waals surface area contributed by atoms with Crippen molar-refractivity contribution in [3.05, 3.63) is 83.4 Å². The fraction of sp³-hybridized carbons (Fsp3) is 0.407. The molecular formula is C27H33ClO7. The van der Waals surface area contributed by atoms with Crippen LogP contribution in [0.3, 0.4) is 0 Å². The summed E-state index contributed by atoms with van der Waals surface area (Å²) in [4.78, 5) is 0. The Kier molecular flexibility index (Phi) is 10.2. The van der Waals surface area contributed by atoms with E-state index in [1.165, 1.54) is 0 Å². The van der Waals surface area contributed by atoms with Gasteiger partial charge in [-0.15, -0.1) is 6.58 Å². The normalized spacial score (nSPS) is 24.1. The monoisotopic (exact) mass is 504 g/mol. The number of hydrogen-bond donors (Lipinski definition) is 3. The van der Waals surface area contributed by atoms with Gasteiger partial charge in [0.05, 0.1) is 19.8 Å². The van der Waals surface area contributed by atoms with Crippen LogP contribution in [0.5, 0.6) is 11.5 Å². The molecule has 0 amide bonds. The smallest absolute Gasteiger partial charge is 0.127 e. The highest BCUT2D eigenvalue weighted by atomic mass is 35.5. The first-order valence-electron chi connectivity index (χ1n) is 11.6. The van der Waals surface area contributed by atoms with E-state index in [0.717, 1.165) is 16.9 Å². The van der Waals surface area contributed by atoms with Crippen LogP contribution in [-0.2, 0) is 15.9 Å². The lowest BCUT2D eigenvalue weighted by molar-refractivity contribution is -0.234. The zero-order valence-electron chi connectivity index (χ0n) is 19.8. The molecule has 3 rings (SSSR count). The standard InChI is InChI=1S/C27H33ClO7/c1-4-11-32-16-23-24(29)25(30)26(31)27(35-23)20-14-18(21(28)15-22(20)34-12-5-2)13-17-7-9-19(10-8-17)33-6-3/h4-5,7-10,14-15,23-27,29-31H,1-2,6,11-13,16H2,3H3/t23-,24-,25+,26-,27+/m1/s1. The summed E-state index contributed by atoms with van der Waals surface area (Å²) in [5.41, 5.74) is 2.30. The minimum Gasteiger partial charge on any atom is -0.494 e. The van der Waals surface area contributed by atoms with Gasteiger partial charge in [-0.3, -0.25) is 0 Å². The van der Waals surface area contributed by atoms with Crippen molar-refractivity contribution in [2.45, 2.75) is 43.9 Å². The molecule has 1 aliphatic heterocycles. The molecule has 0 radical (unpaired) electrons. The largest absolute Gasteiger partial charge is 0.494 e. The Morgan fingerprint density at radius 1 is 0.971 bits per heavy atom. The lowest BCUT2D eigenvalue weighted by atomic mass is 9.89. The van der Waals surface area contributed by atoms with Gasteiger partial charge in [-0.25, -0.2) is 0 Å². The molecule has 0 unspecified atom stereocenters. The van der Waals surface area contributed by atoms with Crippen molar-refractivity contribution >= 4 is 11.6 Å². The first-order valence-corrected chi connectivity index (χ1v) is 11.9. The molecule has 35 heavy (non-hydrogen) atoms. The van der Waals surface area contributed by atoms with Crippen LogP contribution in [0.4, 0.5) is 0 Å². The van der Waals surface area contributed by atoms with Crippen molar-refractivity contribution in [2.75, 3.05) is 26.4 Å². The van der Waals surface area contributed by atoms with E-state index < -0.39 is 30.5 Å². The fourth-order valence-corrected chi connectivity index (χ4v) is 4.17. The van der Waals surface area contributed by atoms with Gasteiger partial charge in [0.25, 0.3) is 0 Å². The number of hydrogen-bond acceptors (Lipinski definition) is 7. The molecule has 2 aromatic carbocycles. The van der Waals surface area contributed by atoms with E-state index >= 15 is 0 Å². The highest BCUT2D eigenvalue weighted by Gasteiger charge is 2.45. The third-order valence-electron chi connectivity index (χ3n) is 5.70. The van der Waals surface area contributed by atoms with Crippen LogP contribution >= 0.6 is 11.6 Å². The highest BCUT2D eigenvalue weighted by Crippen LogP contribution is 2.40. The highest BCUT2D eigenvalue weighted by molar-refractivity contribution is 6.31. The summed E-state index contributed by atoms with van der Waals surface area (Å²) in [6.07, 6.45) is -2.33. The van der Waals surface area contributed by atoms with E-state index in [0.29, 0.717) is 29.4 Å². The van der Waals surface area contributed by atoms with E-state index in [4.69, 9.17) is 30.5 Å². The van der Waals surface area contributed by atoms with Crippen LogP contribution in [0.1, 0.15) is 29.7 Å². The topological polar surface area (TPSA) is 97.6 Å². The van der Waals surface area contributed by atoms with Crippen LogP contribution in [0.25, 0.3) is 0 Å². The minimum absolute atomic E-state index is 0.0168. The molecule has 7 nitrogen and oxygen atoms in total. The van der Waals surface area contributed by atoms with E-state index in [1.54, 1.807) is 24.3 Å². The molecule has 0 saturated carbocycles. The molecule has 8 heteroatoms. The quantitative estimate of drug-likeness (QED) is 0.300. The summed E-state index contributed by atoms with van der Waals surface area (Å²) in [6, 6.07) is 11.2. The molecular weight excluding hydrogens is 472 g/mol. The lowest BCUT2D eigenvalue weighted by Crippen LogP contribution is -2.55. The molecule has 1 saturated heterocycles. The van der Waals surface area contributed by atoms with Crippen molar-refractivity contribution < 1.29 is 34.3 Å². The van der Waals surface area contributed by atoms with Gasteiger partial charge in [-0.05, 0) is 48.7 Å². The summed E-state index contributed by atoms with van der Waals surface area (Å²) in [5.74, 6) is 1.18. The first-order chi connectivity index (χ1) is 16.9. The molecule has 0 aromatic heterocycles. The Balaban J connectivity index is 1.94. The SMILES string of the molecule is C=CCOC[C@H]1O[C@@H](c2cc(Cc3ccc(OCC)cc3)c(Cl)cc2OCC=C)[C@H](O)[C@@H](O)[C@@H]1O. The van der Waals surface area contributed by atoms with Crippen molar-refractivity contribution in [1.82, 2.24) is 0 Å². The van der Waals surface area contributed by atoms with E-state index in [-0.39, 0.29) is 19.8 Å². The van der Waals surface area contributed by atoms with Gasteiger partial charge >= 0.3 is 0 Å². The summed E-state index contributed by atoms with van der Waals surface area (Å²) in [6.45, 7) is 10.3. The second-order valence-corrected chi connectivity index (χ2v) is 8.64. The Labute approximate surface area is 211 Å².